The standard InChI is InChI=1S/C12H18N6/c1-7(2)12-16-10(11(13)18(12)14)9-5-15-6-17(9)8-3-4-8/h5-8H,3-4,13-14H2,1-2H3. The van der Waals surface area contributed by atoms with Gasteiger partial charge in [-0.2, -0.15) is 0 Å². The molecule has 0 amide bonds. The molecule has 3 rings (SSSR count). The van der Waals surface area contributed by atoms with E-state index in [0.717, 1.165) is 17.2 Å². The lowest BCUT2D eigenvalue weighted by Crippen LogP contribution is -2.16. The van der Waals surface area contributed by atoms with Gasteiger partial charge in [-0.25, -0.2) is 14.6 Å². The molecule has 0 atom stereocenters. The number of anilines is 1. The number of hydrogen-bond donors (Lipinski definition) is 2. The minimum absolute atomic E-state index is 0.239. The highest BCUT2D eigenvalue weighted by molar-refractivity contribution is 5.68. The minimum Gasteiger partial charge on any atom is -0.382 e. The van der Waals surface area contributed by atoms with Crippen LogP contribution in [0.25, 0.3) is 11.4 Å². The minimum atomic E-state index is 0.239. The molecule has 1 aliphatic rings. The summed E-state index contributed by atoms with van der Waals surface area (Å²) in [4.78, 5) is 8.78. The Balaban J connectivity index is 2.11. The van der Waals surface area contributed by atoms with E-state index < -0.39 is 0 Å². The quantitative estimate of drug-likeness (QED) is 0.803. The Kier molecular flexibility index (Phi) is 2.33. The topological polar surface area (TPSA) is 87.7 Å². The molecule has 6 heteroatoms. The van der Waals surface area contributed by atoms with Gasteiger partial charge in [0.15, 0.2) is 5.82 Å². The molecule has 0 spiro atoms. The van der Waals surface area contributed by atoms with E-state index in [0.29, 0.717) is 11.9 Å². The van der Waals surface area contributed by atoms with Crippen molar-refractivity contribution in [2.75, 3.05) is 11.6 Å². The fourth-order valence-electron chi connectivity index (χ4n) is 2.19. The summed E-state index contributed by atoms with van der Waals surface area (Å²) in [5.41, 5.74) is 7.76. The van der Waals surface area contributed by atoms with Gasteiger partial charge in [0.2, 0.25) is 0 Å². The van der Waals surface area contributed by atoms with Gasteiger partial charge in [-0.05, 0) is 12.8 Å². The predicted octanol–water partition coefficient (Wildman–Crippen LogP) is 1.50. The molecule has 0 bridgehead atoms. The Labute approximate surface area is 106 Å². The first-order valence-electron chi connectivity index (χ1n) is 6.25. The second kappa shape index (κ2) is 3.76. The largest absolute Gasteiger partial charge is 0.382 e. The summed E-state index contributed by atoms with van der Waals surface area (Å²) in [5.74, 6) is 7.49. The van der Waals surface area contributed by atoms with Gasteiger partial charge in [0.1, 0.15) is 11.5 Å². The van der Waals surface area contributed by atoms with Crippen LogP contribution in [0, 0.1) is 0 Å². The van der Waals surface area contributed by atoms with Gasteiger partial charge in [-0.1, -0.05) is 13.8 Å². The summed E-state index contributed by atoms with van der Waals surface area (Å²) < 4.78 is 3.62. The summed E-state index contributed by atoms with van der Waals surface area (Å²) in [7, 11) is 0. The molecule has 1 aliphatic carbocycles. The lowest BCUT2D eigenvalue weighted by atomic mass is 10.2. The van der Waals surface area contributed by atoms with Crippen LogP contribution < -0.4 is 11.6 Å². The van der Waals surface area contributed by atoms with Gasteiger partial charge >= 0.3 is 0 Å². The van der Waals surface area contributed by atoms with Gasteiger partial charge in [0, 0.05) is 12.0 Å². The Bertz CT molecular complexity index is 575. The van der Waals surface area contributed by atoms with E-state index in [-0.39, 0.29) is 5.92 Å². The van der Waals surface area contributed by atoms with Crippen molar-refractivity contribution in [1.82, 2.24) is 19.2 Å². The average Bonchev–Trinajstić information content (AvgIpc) is 2.99. The second-order valence-electron chi connectivity index (χ2n) is 5.15. The van der Waals surface area contributed by atoms with Crippen molar-refractivity contribution >= 4 is 5.82 Å². The summed E-state index contributed by atoms with van der Waals surface area (Å²) in [6, 6.07) is 0.548. The highest BCUT2D eigenvalue weighted by Gasteiger charge is 2.28. The van der Waals surface area contributed by atoms with Crippen LogP contribution in [0.4, 0.5) is 5.82 Å². The van der Waals surface area contributed by atoms with Gasteiger partial charge in [-0.15, -0.1) is 0 Å². The monoisotopic (exact) mass is 246 g/mol. The Morgan fingerprint density at radius 2 is 2.11 bits per heavy atom. The zero-order chi connectivity index (χ0) is 12.9. The molecule has 1 fully saturated rings. The maximum atomic E-state index is 6.06. The van der Waals surface area contributed by atoms with Crippen LogP contribution in [0.1, 0.15) is 44.5 Å². The van der Waals surface area contributed by atoms with Crippen LogP contribution in [0.15, 0.2) is 12.5 Å². The van der Waals surface area contributed by atoms with Crippen molar-refractivity contribution in [3.8, 4) is 11.4 Å². The van der Waals surface area contributed by atoms with E-state index in [1.165, 1.54) is 17.5 Å². The first-order chi connectivity index (χ1) is 8.59. The molecule has 96 valence electrons. The van der Waals surface area contributed by atoms with E-state index in [1.54, 1.807) is 6.20 Å². The van der Waals surface area contributed by atoms with E-state index >= 15 is 0 Å². The maximum Gasteiger partial charge on any atom is 0.152 e. The molecular weight excluding hydrogens is 228 g/mol. The first kappa shape index (κ1) is 11.1. The van der Waals surface area contributed by atoms with Crippen molar-refractivity contribution in [2.45, 2.75) is 38.6 Å². The number of hydrogen-bond acceptors (Lipinski definition) is 4. The molecule has 6 nitrogen and oxygen atoms in total. The van der Waals surface area contributed by atoms with Crippen molar-refractivity contribution in [2.24, 2.45) is 0 Å². The van der Waals surface area contributed by atoms with Crippen LogP contribution >= 0.6 is 0 Å². The Morgan fingerprint density at radius 1 is 1.39 bits per heavy atom. The number of aromatic nitrogens is 4. The van der Waals surface area contributed by atoms with Gasteiger partial charge in [0.05, 0.1) is 18.2 Å². The predicted molar refractivity (Wildman–Crippen MR) is 70.4 cm³/mol. The van der Waals surface area contributed by atoms with Crippen LogP contribution in [0.3, 0.4) is 0 Å². The third kappa shape index (κ3) is 1.56. The molecule has 18 heavy (non-hydrogen) atoms. The molecule has 2 heterocycles. The zero-order valence-electron chi connectivity index (χ0n) is 10.7. The normalized spacial score (nSPS) is 15.5. The number of rotatable bonds is 3. The lowest BCUT2D eigenvalue weighted by Gasteiger charge is -2.05. The molecule has 0 radical (unpaired) electrons. The number of nitrogens with zero attached hydrogens (tertiary/aromatic N) is 4. The van der Waals surface area contributed by atoms with Crippen molar-refractivity contribution < 1.29 is 0 Å². The number of nitrogen functional groups attached to an aromatic ring is 2. The van der Waals surface area contributed by atoms with E-state index in [1.807, 2.05) is 20.2 Å². The first-order valence-corrected chi connectivity index (χ1v) is 6.25. The van der Waals surface area contributed by atoms with Gasteiger partial charge < -0.3 is 16.1 Å². The molecule has 4 N–H and O–H groups in total. The van der Waals surface area contributed by atoms with Crippen LogP contribution in [0.5, 0.6) is 0 Å². The summed E-state index contributed by atoms with van der Waals surface area (Å²) in [6.07, 6.45) is 6.05. The van der Waals surface area contributed by atoms with Crippen LogP contribution in [-0.4, -0.2) is 19.2 Å². The number of nitrogens with two attached hydrogens (primary N) is 2. The molecule has 0 saturated heterocycles. The lowest BCUT2D eigenvalue weighted by molar-refractivity contribution is 0.735. The molecule has 0 unspecified atom stereocenters. The van der Waals surface area contributed by atoms with E-state index in [4.69, 9.17) is 11.6 Å². The van der Waals surface area contributed by atoms with Crippen molar-refractivity contribution in [1.29, 1.82) is 0 Å². The fraction of sp³-hybridized carbons (Fsp3) is 0.500. The van der Waals surface area contributed by atoms with Crippen LogP contribution in [0.2, 0.25) is 0 Å². The number of imidazole rings is 2. The summed E-state index contributed by atoms with van der Waals surface area (Å²) >= 11 is 0. The van der Waals surface area contributed by atoms with Gasteiger partial charge in [-0.3, -0.25) is 0 Å². The molecule has 2 aromatic heterocycles. The van der Waals surface area contributed by atoms with E-state index in [2.05, 4.69) is 14.5 Å². The average molecular weight is 246 g/mol. The summed E-state index contributed by atoms with van der Waals surface area (Å²) in [6.45, 7) is 4.10. The maximum absolute atomic E-state index is 6.06. The fourth-order valence-corrected chi connectivity index (χ4v) is 2.19. The molecule has 0 aliphatic heterocycles. The Hall–Kier alpha value is -1.98. The molecular formula is C12H18N6. The highest BCUT2D eigenvalue weighted by atomic mass is 15.4. The van der Waals surface area contributed by atoms with E-state index in [9.17, 15) is 0 Å². The van der Waals surface area contributed by atoms with Crippen molar-refractivity contribution in [3.63, 3.8) is 0 Å². The SMILES string of the molecule is CC(C)c1nc(-c2cncn2C2CC2)c(N)n1N. The highest BCUT2D eigenvalue weighted by Crippen LogP contribution is 2.39. The zero-order valence-corrected chi connectivity index (χ0v) is 10.7. The smallest absolute Gasteiger partial charge is 0.152 e. The second-order valence-corrected chi connectivity index (χ2v) is 5.15. The molecule has 0 aromatic carbocycles. The molecule has 1 saturated carbocycles. The molecule has 2 aromatic rings. The van der Waals surface area contributed by atoms with Crippen molar-refractivity contribution in [3.05, 3.63) is 18.3 Å². The Morgan fingerprint density at radius 3 is 2.67 bits per heavy atom. The summed E-state index contributed by atoms with van der Waals surface area (Å²) in [5, 5.41) is 0. The van der Waals surface area contributed by atoms with Gasteiger partial charge in [0.25, 0.3) is 0 Å². The third-order valence-corrected chi connectivity index (χ3v) is 3.34. The van der Waals surface area contributed by atoms with Crippen LogP contribution in [-0.2, 0) is 0 Å². The third-order valence-electron chi connectivity index (χ3n) is 3.34.